The first kappa shape index (κ1) is 15.4. The van der Waals surface area contributed by atoms with Gasteiger partial charge in [0.2, 0.25) is 0 Å². The van der Waals surface area contributed by atoms with Crippen molar-refractivity contribution in [2.45, 2.75) is 19.3 Å². The minimum atomic E-state index is -0.695. The molecule has 5 nitrogen and oxygen atoms in total. The number of nitrogens with zero attached hydrogens (tertiary/aromatic N) is 2. The molecule has 0 unspecified atom stereocenters. The predicted octanol–water partition coefficient (Wildman–Crippen LogP) is 3.49. The van der Waals surface area contributed by atoms with E-state index in [1.54, 1.807) is 12.4 Å². The van der Waals surface area contributed by atoms with E-state index in [-0.39, 0.29) is 5.69 Å². The largest absolute Gasteiger partial charge is 0.364 e. The number of amides is 1. The van der Waals surface area contributed by atoms with Crippen molar-refractivity contribution in [1.82, 2.24) is 15.0 Å². The van der Waals surface area contributed by atoms with Crippen molar-refractivity contribution in [3.63, 3.8) is 0 Å². The molecule has 1 aromatic carbocycles. The molecule has 0 saturated carbocycles. The van der Waals surface area contributed by atoms with Crippen LogP contribution in [0.2, 0.25) is 0 Å². The lowest BCUT2D eigenvalue weighted by Gasteiger charge is -2.09. The van der Waals surface area contributed by atoms with Crippen molar-refractivity contribution >= 4 is 11.6 Å². The summed E-state index contributed by atoms with van der Waals surface area (Å²) >= 11 is 0. The Kier molecular flexibility index (Phi) is 3.76. The number of H-pyrrole nitrogens is 1. The highest BCUT2D eigenvalue weighted by Gasteiger charge is 2.24. The van der Waals surface area contributed by atoms with Crippen LogP contribution in [0.1, 0.15) is 28.0 Å². The Bertz CT molecular complexity index is 967. The lowest BCUT2D eigenvalue weighted by molar-refractivity contribution is 0.102. The maximum absolute atomic E-state index is 13.8. The molecule has 25 heavy (non-hydrogen) atoms. The Balaban J connectivity index is 1.75. The van der Waals surface area contributed by atoms with Crippen LogP contribution in [0.3, 0.4) is 0 Å². The van der Waals surface area contributed by atoms with Gasteiger partial charge < -0.3 is 10.3 Å². The lowest BCUT2D eigenvalue weighted by Crippen LogP contribution is -2.14. The number of halogens is 2. The number of rotatable bonds is 2. The Hall–Kier alpha value is -3.09. The second-order valence-electron chi connectivity index (χ2n) is 5.88. The second-order valence-corrected chi connectivity index (χ2v) is 5.88. The molecule has 1 amide bonds. The number of aryl methyl sites for hydroxylation is 2. The second kappa shape index (κ2) is 6.08. The number of aromatic amines is 1. The monoisotopic (exact) mass is 340 g/mol. The summed E-state index contributed by atoms with van der Waals surface area (Å²) in [6.07, 6.45) is 7.26. The quantitative estimate of drug-likeness (QED) is 0.750. The highest BCUT2D eigenvalue weighted by Crippen LogP contribution is 2.33. The standard InChI is InChI=1S/C18H14F2N4O/c19-11-4-5-13(20)15(6-11)24-18(25)12-8-22-14-3-1-2-10-7-21-9-23-17(10)16(12)14/h4-9,22H,1-3H2,(H,24,25). The van der Waals surface area contributed by atoms with Gasteiger partial charge in [-0.1, -0.05) is 0 Å². The van der Waals surface area contributed by atoms with Gasteiger partial charge in [0.25, 0.3) is 5.91 Å². The molecule has 0 radical (unpaired) electrons. The predicted molar refractivity (Wildman–Crippen MR) is 88.2 cm³/mol. The lowest BCUT2D eigenvalue weighted by atomic mass is 10.0. The topological polar surface area (TPSA) is 70.7 Å². The van der Waals surface area contributed by atoms with Crippen molar-refractivity contribution in [3.8, 4) is 11.3 Å². The van der Waals surface area contributed by atoms with Crippen LogP contribution in [-0.4, -0.2) is 20.9 Å². The van der Waals surface area contributed by atoms with Gasteiger partial charge in [-0.2, -0.15) is 0 Å². The molecule has 0 spiro atoms. The fourth-order valence-electron chi connectivity index (χ4n) is 3.12. The minimum Gasteiger partial charge on any atom is -0.364 e. The van der Waals surface area contributed by atoms with E-state index in [1.807, 2.05) is 0 Å². The fraction of sp³-hybridized carbons (Fsp3) is 0.167. The molecule has 2 heterocycles. The first-order valence-corrected chi connectivity index (χ1v) is 7.89. The maximum atomic E-state index is 13.8. The molecular weight excluding hydrogens is 326 g/mol. The molecule has 2 aromatic heterocycles. The number of fused-ring (bicyclic) bond motifs is 3. The van der Waals surface area contributed by atoms with E-state index in [9.17, 15) is 13.6 Å². The number of hydrogen-bond donors (Lipinski definition) is 2. The van der Waals surface area contributed by atoms with Gasteiger partial charge in [0.1, 0.15) is 18.0 Å². The van der Waals surface area contributed by atoms with Crippen LogP contribution in [0.5, 0.6) is 0 Å². The van der Waals surface area contributed by atoms with Crippen LogP contribution in [-0.2, 0) is 12.8 Å². The molecular formula is C18H14F2N4O. The number of anilines is 1. The Morgan fingerprint density at radius 2 is 2.12 bits per heavy atom. The van der Waals surface area contributed by atoms with Crippen LogP contribution in [0.25, 0.3) is 11.3 Å². The van der Waals surface area contributed by atoms with Gasteiger partial charge in [-0.3, -0.25) is 4.79 Å². The van der Waals surface area contributed by atoms with Crippen molar-refractivity contribution < 1.29 is 13.6 Å². The van der Waals surface area contributed by atoms with E-state index in [0.717, 1.165) is 48.7 Å². The summed E-state index contributed by atoms with van der Waals surface area (Å²) < 4.78 is 27.1. The Morgan fingerprint density at radius 1 is 1.24 bits per heavy atom. The van der Waals surface area contributed by atoms with Crippen molar-refractivity contribution in [2.24, 2.45) is 0 Å². The first-order valence-electron chi connectivity index (χ1n) is 7.89. The molecule has 7 heteroatoms. The third-order valence-corrected chi connectivity index (χ3v) is 4.28. The molecule has 2 N–H and O–H groups in total. The van der Waals surface area contributed by atoms with Gasteiger partial charge in [-0.25, -0.2) is 18.7 Å². The van der Waals surface area contributed by atoms with Gasteiger partial charge >= 0.3 is 0 Å². The van der Waals surface area contributed by atoms with Crippen LogP contribution < -0.4 is 5.32 Å². The molecule has 1 aliphatic rings. The average molecular weight is 340 g/mol. The average Bonchev–Trinajstić information content (AvgIpc) is 2.94. The SMILES string of the molecule is O=C(Nc1cc(F)ccc1F)c1c[nH]c2c1-c1ncncc1CCC2. The zero-order valence-corrected chi connectivity index (χ0v) is 13.1. The van der Waals surface area contributed by atoms with Crippen LogP contribution in [0, 0.1) is 11.6 Å². The molecule has 126 valence electrons. The van der Waals surface area contributed by atoms with Gasteiger partial charge in [0.05, 0.1) is 16.9 Å². The van der Waals surface area contributed by atoms with E-state index in [2.05, 4.69) is 20.3 Å². The van der Waals surface area contributed by atoms with Crippen molar-refractivity contribution in [2.75, 3.05) is 5.32 Å². The smallest absolute Gasteiger partial charge is 0.257 e. The third-order valence-electron chi connectivity index (χ3n) is 4.28. The Labute approximate surface area is 142 Å². The highest BCUT2D eigenvalue weighted by atomic mass is 19.1. The summed E-state index contributed by atoms with van der Waals surface area (Å²) in [5.74, 6) is -1.84. The molecule has 0 fully saturated rings. The Morgan fingerprint density at radius 3 is 3.00 bits per heavy atom. The number of benzene rings is 1. The number of carbonyl (C=O) groups excluding carboxylic acids is 1. The molecule has 0 atom stereocenters. The molecule has 0 aliphatic heterocycles. The van der Waals surface area contributed by atoms with Gasteiger partial charge in [0.15, 0.2) is 0 Å². The normalized spacial score (nSPS) is 12.9. The number of nitrogens with one attached hydrogen (secondary N) is 2. The van der Waals surface area contributed by atoms with E-state index in [4.69, 9.17) is 0 Å². The summed E-state index contributed by atoms with van der Waals surface area (Å²) in [6, 6.07) is 2.93. The zero-order chi connectivity index (χ0) is 17.4. The molecule has 1 aliphatic carbocycles. The summed E-state index contributed by atoms with van der Waals surface area (Å²) in [6.45, 7) is 0. The van der Waals surface area contributed by atoms with Crippen LogP contribution in [0.15, 0.2) is 36.9 Å². The van der Waals surface area contributed by atoms with Gasteiger partial charge in [0, 0.05) is 29.7 Å². The summed E-state index contributed by atoms with van der Waals surface area (Å²) in [5.41, 5.74) is 3.42. The highest BCUT2D eigenvalue weighted by molar-refractivity contribution is 6.09. The van der Waals surface area contributed by atoms with Crippen molar-refractivity contribution in [1.29, 1.82) is 0 Å². The summed E-state index contributed by atoms with van der Waals surface area (Å²) in [4.78, 5) is 24.2. The van der Waals surface area contributed by atoms with Gasteiger partial charge in [-0.05, 0) is 37.0 Å². The summed E-state index contributed by atoms with van der Waals surface area (Å²) in [7, 11) is 0. The molecule has 4 rings (SSSR count). The number of hydrogen-bond acceptors (Lipinski definition) is 3. The van der Waals surface area contributed by atoms with E-state index >= 15 is 0 Å². The van der Waals surface area contributed by atoms with E-state index in [0.29, 0.717) is 16.8 Å². The molecule has 0 bridgehead atoms. The number of carbonyl (C=O) groups is 1. The van der Waals surface area contributed by atoms with Crippen LogP contribution >= 0.6 is 0 Å². The zero-order valence-electron chi connectivity index (χ0n) is 13.1. The fourth-order valence-corrected chi connectivity index (χ4v) is 3.12. The maximum Gasteiger partial charge on any atom is 0.257 e. The van der Waals surface area contributed by atoms with E-state index < -0.39 is 17.5 Å². The first-order chi connectivity index (χ1) is 12.1. The minimum absolute atomic E-state index is 0.198. The molecule has 3 aromatic rings. The van der Waals surface area contributed by atoms with Gasteiger partial charge in [-0.15, -0.1) is 0 Å². The summed E-state index contributed by atoms with van der Waals surface area (Å²) in [5, 5.41) is 2.44. The van der Waals surface area contributed by atoms with Crippen molar-refractivity contribution in [3.05, 3.63) is 65.4 Å². The molecule has 0 saturated heterocycles. The van der Waals surface area contributed by atoms with E-state index in [1.165, 1.54) is 6.33 Å². The third kappa shape index (κ3) is 2.77. The number of aromatic nitrogens is 3. The van der Waals surface area contributed by atoms with Crippen LogP contribution in [0.4, 0.5) is 14.5 Å².